The Hall–Kier alpha value is -3.44. The zero-order valence-corrected chi connectivity index (χ0v) is 21.7. The second-order valence-electron chi connectivity index (χ2n) is 11.5. The van der Waals surface area contributed by atoms with Gasteiger partial charge in [0.1, 0.15) is 12.2 Å². The summed E-state index contributed by atoms with van der Waals surface area (Å²) in [5, 5.41) is 8.18. The molecule has 2 unspecified atom stereocenters. The van der Waals surface area contributed by atoms with Crippen molar-refractivity contribution in [2.75, 3.05) is 26.3 Å². The first-order chi connectivity index (χ1) is 18.6. The standard InChI is InChI=1S/C28H29F3N6O2/c1-17(35-10-19-6-20(19)11-35)18-7-23(28(29,30)31)24-13-36(26(38)37(24)12-18)22-5-3-4-21(8-22)27(14-39-15-27)9-25-33-32-16-34(25)2/h3-5,7-8,12-13,16-17,19-20H,6,9-11,14-15H2,1-2H3/t17-,19?,20?/m0/s1. The molecule has 8 nitrogen and oxygen atoms in total. The lowest BCUT2D eigenvalue weighted by atomic mass is 9.75. The van der Waals surface area contributed by atoms with Crippen LogP contribution in [-0.4, -0.2) is 54.9 Å². The average Bonchev–Trinajstić information content (AvgIpc) is 3.16. The van der Waals surface area contributed by atoms with Gasteiger partial charge in [-0.25, -0.2) is 4.79 Å². The topological polar surface area (TPSA) is 69.6 Å². The molecule has 1 aliphatic carbocycles. The number of ether oxygens (including phenoxy) is 1. The monoisotopic (exact) mass is 538 g/mol. The minimum atomic E-state index is -4.60. The summed E-state index contributed by atoms with van der Waals surface area (Å²) in [6.45, 7) is 4.68. The summed E-state index contributed by atoms with van der Waals surface area (Å²) in [6, 6.07) is 8.41. The predicted octanol–water partition coefficient (Wildman–Crippen LogP) is 3.76. The van der Waals surface area contributed by atoms with E-state index in [9.17, 15) is 18.0 Å². The van der Waals surface area contributed by atoms with Gasteiger partial charge in [0.15, 0.2) is 0 Å². The minimum absolute atomic E-state index is 0.154. The first-order valence-corrected chi connectivity index (χ1v) is 13.2. The predicted molar refractivity (Wildman–Crippen MR) is 137 cm³/mol. The maximum Gasteiger partial charge on any atom is 0.418 e. The summed E-state index contributed by atoms with van der Waals surface area (Å²) in [5.41, 5.74) is 0.114. The normalized spacial score (nSPS) is 23.1. The van der Waals surface area contributed by atoms with Crippen LogP contribution < -0.4 is 5.69 Å². The van der Waals surface area contributed by atoms with Crippen LogP contribution in [0.1, 0.15) is 41.9 Å². The van der Waals surface area contributed by atoms with E-state index in [0.29, 0.717) is 42.7 Å². The molecule has 3 aromatic heterocycles. The molecule has 0 radical (unpaired) electrons. The number of halogens is 3. The third kappa shape index (κ3) is 4.01. The number of imidazole rings is 1. The Labute approximate surface area is 222 Å². The number of hydrogen-bond acceptors (Lipinski definition) is 5. The van der Waals surface area contributed by atoms with Crippen LogP contribution in [0.4, 0.5) is 13.2 Å². The zero-order chi connectivity index (χ0) is 27.1. The lowest BCUT2D eigenvalue weighted by Gasteiger charge is -2.41. The number of aromatic nitrogens is 5. The maximum absolute atomic E-state index is 14.3. The lowest BCUT2D eigenvalue weighted by molar-refractivity contribution is -0.136. The molecule has 0 spiro atoms. The molecule has 3 atom stereocenters. The van der Waals surface area contributed by atoms with E-state index >= 15 is 0 Å². The highest BCUT2D eigenvalue weighted by atomic mass is 19.4. The number of hydrogen-bond donors (Lipinski definition) is 0. The SMILES string of the molecule is C[C@@H](c1cc(C(F)(F)F)c2cn(-c3cccc(C4(Cc5nncn5C)COC4)c3)c(=O)n2c1)N1CC2CC2C1. The molecule has 5 heterocycles. The Morgan fingerprint density at radius 3 is 2.56 bits per heavy atom. The van der Waals surface area contributed by atoms with Crippen molar-refractivity contribution in [1.29, 1.82) is 0 Å². The molecule has 2 aliphatic heterocycles. The van der Waals surface area contributed by atoms with Crippen molar-refractivity contribution in [3.8, 4) is 5.69 Å². The molecule has 0 amide bonds. The number of rotatable bonds is 6. The van der Waals surface area contributed by atoms with E-state index < -0.39 is 17.4 Å². The molecule has 204 valence electrons. The van der Waals surface area contributed by atoms with Crippen LogP contribution in [0.15, 0.2) is 53.8 Å². The van der Waals surface area contributed by atoms with Crippen molar-refractivity contribution in [2.45, 2.75) is 37.4 Å². The molecule has 39 heavy (non-hydrogen) atoms. The van der Waals surface area contributed by atoms with Crippen molar-refractivity contribution in [2.24, 2.45) is 18.9 Å². The fourth-order valence-electron chi connectivity index (χ4n) is 6.29. The maximum atomic E-state index is 14.3. The summed E-state index contributed by atoms with van der Waals surface area (Å²) in [6.07, 6.45) is 1.73. The molecule has 3 aliphatic rings. The van der Waals surface area contributed by atoms with Crippen LogP contribution in [0.5, 0.6) is 0 Å². The molecular formula is C28H29F3N6O2. The molecule has 2 saturated heterocycles. The van der Waals surface area contributed by atoms with Gasteiger partial charge in [0, 0.05) is 50.4 Å². The number of aryl methyl sites for hydroxylation is 1. The highest BCUT2D eigenvalue weighted by Crippen LogP contribution is 2.47. The number of benzene rings is 1. The van der Waals surface area contributed by atoms with Crippen molar-refractivity contribution >= 4 is 5.52 Å². The first-order valence-electron chi connectivity index (χ1n) is 13.2. The van der Waals surface area contributed by atoms with Crippen LogP contribution >= 0.6 is 0 Å². The molecule has 0 bridgehead atoms. The van der Waals surface area contributed by atoms with Gasteiger partial charge in [0.05, 0.1) is 30.0 Å². The zero-order valence-electron chi connectivity index (χ0n) is 21.7. The fraction of sp³-hybridized carbons (Fsp3) is 0.464. The fourth-order valence-corrected chi connectivity index (χ4v) is 6.29. The second-order valence-corrected chi connectivity index (χ2v) is 11.5. The Bertz CT molecular complexity index is 1620. The van der Waals surface area contributed by atoms with Gasteiger partial charge >= 0.3 is 11.9 Å². The van der Waals surface area contributed by atoms with E-state index in [2.05, 4.69) is 15.1 Å². The first kappa shape index (κ1) is 24.6. The minimum Gasteiger partial charge on any atom is -0.379 e. The van der Waals surface area contributed by atoms with E-state index in [0.717, 1.165) is 28.9 Å². The van der Waals surface area contributed by atoms with Crippen LogP contribution in [0.25, 0.3) is 11.2 Å². The highest BCUT2D eigenvalue weighted by Gasteiger charge is 2.46. The van der Waals surface area contributed by atoms with Gasteiger partial charge in [-0.1, -0.05) is 12.1 Å². The smallest absolute Gasteiger partial charge is 0.379 e. The summed E-state index contributed by atoms with van der Waals surface area (Å²) in [5.74, 6) is 2.13. The van der Waals surface area contributed by atoms with Gasteiger partial charge in [-0.2, -0.15) is 13.2 Å². The van der Waals surface area contributed by atoms with Crippen molar-refractivity contribution in [3.63, 3.8) is 0 Å². The molecule has 3 fully saturated rings. The second kappa shape index (κ2) is 8.53. The highest BCUT2D eigenvalue weighted by molar-refractivity contribution is 5.58. The molecule has 4 aromatic rings. The van der Waals surface area contributed by atoms with Crippen molar-refractivity contribution < 1.29 is 17.9 Å². The number of fused-ring (bicyclic) bond motifs is 2. The quantitative estimate of drug-likeness (QED) is 0.374. The molecule has 7 rings (SSSR count). The summed E-state index contributed by atoms with van der Waals surface area (Å²) in [7, 11) is 1.88. The Morgan fingerprint density at radius 2 is 1.92 bits per heavy atom. The van der Waals surface area contributed by atoms with E-state index in [1.807, 2.05) is 36.7 Å². The van der Waals surface area contributed by atoms with Gasteiger partial charge in [-0.3, -0.25) is 13.9 Å². The Balaban J connectivity index is 1.30. The van der Waals surface area contributed by atoms with E-state index in [4.69, 9.17) is 4.74 Å². The number of likely N-dealkylation sites (tertiary alicyclic amines) is 1. The van der Waals surface area contributed by atoms with Crippen molar-refractivity contribution in [1.82, 2.24) is 28.6 Å². The van der Waals surface area contributed by atoms with Crippen LogP contribution in [0.3, 0.4) is 0 Å². The van der Waals surface area contributed by atoms with Gasteiger partial charge in [0.2, 0.25) is 0 Å². The van der Waals surface area contributed by atoms with Crippen LogP contribution in [-0.2, 0) is 29.8 Å². The molecule has 0 N–H and O–H groups in total. The summed E-state index contributed by atoms with van der Waals surface area (Å²) >= 11 is 0. The average molecular weight is 539 g/mol. The van der Waals surface area contributed by atoms with Gasteiger partial charge in [0.25, 0.3) is 0 Å². The number of alkyl halides is 3. The molecule has 11 heteroatoms. The largest absolute Gasteiger partial charge is 0.418 e. The lowest BCUT2D eigenvalue weighted by Crippen LogP contribution is -2.49. The molecule has 1 saturated carbocycles. The van der Waals surface area contributed by atoms with Gasteiger partial charge in [-0.05, 0) is 54.5 Å². The van der Waals surface area contributed by atoms with E-state index in [1.54, 1.807) is 18.6 Å². The molecular weight excluding hydrogens is 509 g/mol. The van der Waals surface area contributed by atoms with Gasteiger partial charge in [-0.15, -0.1) is 10.2 Å². The number of piperidine rings is 1. The Morgan fingerprint density at radius 1 is 1.15 bits per heavy atom. The number of nitrogens with zero attached hydrogens (tertiary/aromatic N) is 6. The summed E-state index contributed by atoms with van der Waals surface area (Å²) in [4.78, 5) is 15.8. The summed E-state index contributed by atoms with van der Waals surface area (Å²) < 4.78 is 52.7. The van der Waals surface area contributed by atoms with Crippen LogP contribution in [0.2, 0.25) is 0 Å². The van der Waals surface area contributed by atoms with E-state index in [1.165, 1.54) is 23.3 Å². The third-order valence-corrected chi connectivity index (χ3v) is 8.93. The van der Waals surface area contributed by atoms with E-state index in [-0.39, 0.29) is 17.0 Å². The van der Waals surface area contributed by atoms with Crippen molar-refractivity contribution in [3.05, 3.63) is 82.1 Å². The third-order valence-electron chi connectivity index (χ3n) is 8.93. The van der Waals surface area contributed by atoms with Gasteiger partial charge < -0.3 is 9.30 Å². The van der Waals surface area contributed by atoms with Crippen LogP contribution in [0, 0.1) is 11.8 Å². The molecule has 1 aromatic carbocycles. The Kier molecular flexibility index (Phi) is 5.38. The number of pyridine rings is 1.